The Morgan fingerprint density at radius 2 is 1.86 bits per heavy atom. The van der Waals surface area contributed by atoms with E-state index in [0.29, 0.717) is 5.56 Å². The molecule has 1 aromatic rings. The fraction of sp³-hybridized carbons (Fsp3) is 0.333. The number of benzene rings is 1. The summed E-state index contributed by atoms with van der Waals surface area (Å²) < 4.78 is 22.4. The standard InChI is InChI=1S/C9H12O4S/c1-2-14(12,13)6-7-3-4-8(10)9(11)5-7/h3-5,10-11H,2,6H2,1H3. The molecule has 0 aromatic heterocycles. The van der Waals surface area contributed by atoms with Crippen LogP contribution in [0.15, 0.2) is 18.2 Å². The lowest BCUT2D eigenvalue weighted by Crippen LogP contribution is -2.06. The molecular formula is C9H12O4S. The Labute approximate surface area is 82.7 Å². The first-order chi connectivity index (χ1) is 6.44. The predicted molar refractivity (Wildman–Crippen MR) is 52.9 cm³/mol. The molecule has 4 nitrogen and oxygen atoms in total. The van der Waals surface area contributed by atoms with E-state index in [2.05, 4.69) is 0 Å². The van der Waals surface area contributed by atoms with Gasteiger partial charge in [0.1, 0.15) is 0 Å². The molecule has 0 bridgehead atoms. The zero-order valence-corrected chi connectivity index (χ0v) is 8.58. The summed E-state index contributed by atoms with van der Waals surface area (Å²) in [7, 11) is -3.09. The van der Waals surface area contributed by atoms with Crippen molar-refractivity contribution in [3.8, 4) is 11.5 Å². The van der Waals surface area contributed by atoms with Crippen LogP contribution in [0.5, 0.6) is 11.5 Å². The lowest BCUT2D eigenvalue weighted by molar-refractivity contribution is 0.403. The lowest BCUT2D eigenvalue weighted by atomic mass is 10.2. The van der Waals surface area contributed by atoms with Crippen LogP contribution in [-0.4, -0.2) is 24.4 Å². The fourth-order valence-electron chi connectivity index (χ4n) is 1.01. The van der Waals surface area contributed by atoms with Crippen LogP contribution >= 0.6 is 0 Å². The smallest absolute Gasteiger partial charge is 0.157 e. The van der Waals surface area contributed by atoms with E-state index in [0.717, 1.165) is 0 Å². The van der Waals surface area contributed by atoms with Gasteiger partial charge in [-0.1, -0.05) is 13.0 Å². The van der Waals surface area contributed by atoms with E-state index in [-0.39, 0.29) is 23.0 Å². The van der Waals surface area contributed by atoms with Crippen molar-refractivity contribution in [2.45, 2.75) is 12.7 Å². The van der Waals surface area contributed by atoms with Gasteiger partial charge in [0, 0.05) is 5.75 Å². The van der Waals surface area contributed by atoms with E-state index in [1.165, 1.54) is 18.2 Å². The lowest BCUT2D eigenvalue weighted by Gasteiger charge is -2.03. The van der Waals surface area contributed by atoms with Gasteiger partial charge >= 0.3 is 0 Å². The summed E-state index contributed by atoms with van der Waals surface area (Å²) in [4.78, 5) is 0. The number of rotatable bonds is 3. The van der Waals surface area contributed by atoms with Gasteiger partial charge in [0.05, 0.1) is 5.75 Å². The highest BCUT2D eigenvalue weighted by molar-refractivity contribution is 7.90. The van der Waals surface area contributed by atoms with Gasteiger partial charge in [-0.05, 0) is 17.7 Å². The van der Waals surface area contributed by atoms with E-state index in [1.807, 2.05) is 0 Å². The van der Waals surface area contributed by atoms with Gasteiger partial charge in [0.25, 0.3) is 0 Å². The second-order valence-electron chi connectivity index (χ2n) is 3.00. The second kappa shape index (κ2) is 3.88. The van der Waals surface area contributed by atoms with Crippen molar-refractivity contribution in [3.05, 3.63) is 23.8 Å². The molecule has 0 atom stereocenters. The van der Waals surface area contributed by atoms with Crippen molar-refractivity contribution in [1.82, 2.24) is 0 Å². The molecule has 1 rings (SSSR count). The van der Waals surface area contributed by atoms with Crippen LogP contribution in [0.3, 0.4) is 0 Å². The number of hydrogen-bond acceptors (Lipinski definition) is 4. The number of hydrogen-bond donors (Lipinski definition) is 2. The Morgan fingerprint density at radius 3 is 2.36 bits per heavy atom. The molecule has 0 saturated carbocycles. The van der Waals surface area contributed by atoms with Gasteiger partial charge in [-0.15, -0.1) is 0 Å². The van der Waals surface area contributed by atoms with Crippen molar-refractivity contribution >= 4 is 9.84 Å². The van der Waals surface area contributed by atoms with Crippen LogP contribution in [0.2, 0.25) is 0 Å². The first-order valence-corrected chi connectivity index (χ1v) is 5.98. The van der Waals surface area contributed by atoms with Gasteiger partial charge in [0.15, 0.2) is 21.3 Å². The average Bonchev–Trinajstić information content (AvgIpc) is 2.11. The molecule has 2 N–H and O–H groups in total. The Morgan fingerprint density at radius 1 is 1.21 bits per heavy atom. The molecule has 1 aromatic carbocycles. The molecule has 0 spiro atoms. The molecule has 0 amide bonds. The maximum absolute atomic E-state index is 11.2. The van der Waals surface area contributed by atoms with E-state index < -0.39 is 9.84 Å². The van der Waals surface area contributed by atoms with Crippen LogP contribution in [0.4, 0.5) is 0 Å². The van der Waals surface area contributed by atoms with E-state index >= 15 is 0 Å². The molecule has 14 heavy (non-hydrogen) atoms. The summed E-state index contributed by atoms with van der Waals surface area (Å²) in [6.07, 6.45) is 0. The summed E-state index contributed by atoms with van der Waals surface area (Å²) >= 11 is 0. The maximum Gasteiger partial charge on any atom is 0.157 e. The van der Waals surface area contributed by atoms with Gasteiger partial charge in [0.2, 0.25) is 0 Å². The number of sulfone groups is 1. The molecule has 0 unspecified atom stereocenters. The summed E-state index contributed by atoms with van der Waals surface area (Å²) in [5.41, 5.74) is 0.474. The van der Waals surface area contributed by atoms with Crippen molar-refractivity contribution in [2.75, 3.05) is 5.75 Å². The quantitative estimate of drug-likeness (QED) is 0.740. The third-order valence-corrected chi connectivity index (χ3v) is 3.52. The SMILES string of the molecule is CCS(=O)(=O)Cc1ccc(O)c(O)c1. The first kappa shape index (κ1) is 10.8. The molecule has 5 heteroatoms. The average molecular weight is 216 g/mol. The third kappa shape index (κ3) is 2.63. The normalized spacial score (nSPS) is 11.5. The largest absolute Gasteiger partial charge is 0.504 e. The number of phenolic OH excluding ortho intramolecular Hbond substituents is 2. The molecule has 0 aliphatic carbocycles. The van der Waals surface area contributed by atoms with Gasteiger partial charge in [-0.25, -0.2) is 8.42 Å². The van der Waals surface area contributed by atoms with E-state index in [9.17, 15) is 8.42 Å². The molecule has 0 radical (unpaired) electrons. The second-order valence-corrected chi connectivity index (χ2v) is 5.35. The van der Waals surface area contributed by atoms with Crippen molar-refractivity contribution in [1.29, 1.82) is 0 Å². The Bertz CT molecular complexity index is 422. The molecule has 78 valence electrons. The highest BCUT2D eigenvalue weighted by atomic mass is 32.2. The van der Waals surface area contributed by atoms with Crippen molar-refractivity contribution < 1.29 is 18.6 Å². The summed E-state index contributed by atoms with van der Waals surface area (Å²) in [6, 6.07) is 4.00. The number of aromatic hydroxyl groups is 2. The summed E-state index contributed by atoms with van der Waals surface area (Å²) in [5.74, 6) is -0.595. The monoisotopic (exact) mass is 216 g/mol. The third-order valence-electron chi connectivity index (χ3n) is 1.87. The number of phenols is 2. The van der Waals surface area contributed by atoms with Crippen molar-refractivity contribution in [3.63, 3.8) is 0 Å². The molecule has 0 saturated heterocycles. The fourth-order valence-corrected chi connectivity index (χ4v) is 1.91. The Kier molecular flexibility index (Phi) is 3.00. The highest BCUT2D eigenvalue weighted by Crippen LogP contribution is 2.25. The molecule has 0 aliphatic heterocycles. The molecule has 0 aliphatic rings. The maximum atomic E-state index is 11.2. The summed E-state index contributed by atoms with van der Waals surface area (Å²) in [5, 5.41) is 18.1. The van der Waals surface area contributed by atoms with Gasteiger partial charge in [-0.3, -0.25) is 0 Å². The predicted octanol–water partition coefficient (Wildman–Crippen LogP) is 1.03. The van der Waals surface area contributed by atoms with Gasteiger partial charge in [-0.2, -0.15) is 0 Å². The van der Waals surface area contributed by atoms with Crippen LogP contribution < -0.4 is 0 Å². The molecule has 0 heterocycles. The zero-order chi connectivity index (χ0) is 10.8. The minimum absolute atomic E-state index is 0.0641. The Balaban J connectivity index is 2.94. The minimum Gasteiger partial charge on any atom is -0.504 e. The first-order valence-electron chi connectivity index (χ1n) is 4.16. The summed E-state index contributed by atoms with van der Waals surface area (Å²) in [6.45, 7) is 1.57. The highest BCUT2D eigenvalue weighted by Gasteiger charge is 2.10. The van der Waals surface area contributed by atoms with Crippen LogP contribution in [0.25, 0.3) is 0 Å². The molecule has 0 fully saturated rings. The van der Waals surface area contributed by atoms with Gasteiger partial charge < -0.3 is 10.2 Å². The van der Waals surface area contributed by atoms with Crippen LogP contribution in [0.1, 0.15) is 12.5 Å². The Hall–Kier alpha value is -1.23. The molecular weight excluding hydrogens is 204 g/mol. The topological polar surface area (TPSA) is 74.6 Å². The van der Waals surface area contributed by atoms with E-state index in [4.69, 9.17) is 10.2 Å². The zero-order valence-electron chi connectivity index (χ0n) is 7.77. The van der Waals surface area contributed by atoms with Crippen molar-refractivity contribution in [2.24, 2.45) is 0 Å². The van der Waals surface area contributed by atoms with Crippen LogP contribution in [0, 0.1) is 0 Å². The minimum atomic E-state index is -3.09. The van der Waals surface area contributed by atoms with E-state index in [1.54, 1.807) is 6.92 Å². The van der Waals surface area contributed by atoms with Crippen LogP contribution in [-0.2, 0) is 15.6 Å².